The quantitative estimate of drug-likeness (QED) is 0.750. The number of ether oxygens (including phenoxy) is 1. The largest absolute Gasteiger partial charge is 0.445 e. The summed E-state index contributed by atoms with van der Waals surface area (Å²) in [5, 5.41) is 3.80. The van der Waals surface area contributed by atoms with Gasteiger partial charge in [-0.2, -0.15) is 13.1 Å². The summed E-state index contributed by atoms with van der Waals surface area (Å²) in [5.74, 6) is -0.0758. The van der Waals surface area contributed by atoms with Crippen molar-refractivity contribution >= 4 is 44.3 Å². The average molecular weight is 392 g/mol. The van der Waals surface area contributed by atoms with Crippen LogP contribution < -0.4 is 14.8 Å². The van der Waals surface area contributed by atoms with Gasteiger partial charge in [-0.3, -0.25) is 10.1 Å². The third-order valence-electron chi connectivity index (χ3n) is 2.62. The van der Waals surface area contributed by atoms with E-state index in [4.69, 9.17) is 16.3 Å². The SMILES string of the molecule is CNS(=O)(=O)OCC(=O)Nc1nc(C)c(Oc2ccc(Cl)cc2)s1. The van der Waals surface area contributed by atoms with Gasteiger partial charge in [0.2, 0.25) is 5.06 Å². The molecule has 0 fully saturated rings. The van der Waals surface area contributed by atoms with E-state index in [0.717, 1.165) is 11.3 Å². The zero-order chi connectivity index (χ0) is 17.7. The summed E-state index contributed by atoms with van der Waals surface area (Å²) in [4.78, 5) is 15.8. The van der Waals surface area contributed by atoms with E-state index in [1.165, 1.54) is 7.05 Å². The number of thiazole rings is 1. The third kappa shape index (κ3) is 5.42. The van der Waals surface area contributed by atoms with Crippen LogP contribution in [0.4, 0.5) is 5.13 Å². The summed E-state index contributed by atoms with van der Waals surface area (Å²) < 4.78 is 34.2. The van der Waals surface area contributed by atoms with E-state index in [1.807, 2.05) is 4.72 Å². The van der Waals surface area contributed by atoms with Crippen molar-refractivity contribution in [2.24, 2.45) is 0 Å². The molecule has 130 valence electrons. The first-order valence-corrected chi connectivity index (χ1v) is 9.18. The summed E-state index contributed by atoms with van der Waals surface area (Å²) in [6.45, 7) is 1.06. The van der Waals surface area contributed by atoms with Crippen LogP contribution in [0, 0.1) is 6.92 Å². The van der Waals surface area contributed by atoms with E-state index in [1.54, 1.807) is 31.2 Å². The normalized spacial score (nSPS) is 11.3. The van der Waals surface area contributed by atoms with Gasteiger partial charge in [-0.1, -0.05) is 22.9 Å². The fraction of sp³-hybridized carbons (Fsp3) is 0.231. The maximum Gasteiger partial charge on any atom is 0.336 e. The van der Waals surface area contributed by atoms with Gasteiger partial charge in [0, 0.05) is 12.1 Å². The van der Waals surface area contributed by atoms with E-state index >= 15 is 0 Å². The highest BCUT2D eigenvalue weighted by Crippen LogP contribution is 2.34. The smallest absolute Gasteiger partial charge is 0.336 e. The van der Waals surface area contributed by atoms with Crippen LogP contribution in [0.5, 0.6) is 10.8 Å². The Morgan fingerprint density at radius 3 is 2.62 bits per heavy atom. The Hall–Kier alpha value is -1.72. The van der Waals surface area contributed by atoms with Crippen LogP contribution in [-0.2, 0) is 19.3 Å². The van der Waals surface area contributed by atoms with Crippen LogP contribution in [-0.4, -0.2) is 33.0 Å². The maximum absolute atomic E-state index is 11.7. The fourth-order valence-corrected chi connectivity index (χ4v) is 2.85. The fourth-order valence-electron chi connectivity index (χ4n) is 1.49. The van der Waals surface area contributed by atoms with Crippen LogP contribution in [0.3, 0.4) is 0 Å². The Morgan fingerprint density at radius 1 is 1.33 bits per heavy atom. The topological polar surface area (TPSA) is 107 Å². The lowest BCUT2D eigenvalue weighted by Crippen LogP contribution is -2.27. The van der Waals surface area contributed by atoms with Crippen molar-refractivity contribution in [3.8, 4) is 10.8 Å². The highest BCUT2D eigenvalue weighted by atomic mass is 35.5. The van der Waals surface area contributed by atoms with Crippen LogP contribution in [0.2, 0.25) is 5.02 Å². The lowest BCUT2D eigenvalue weighted by molar-refractivity contribution is -0.118. The number of aryl methyl sites for hydroxylation is 1. The number of hydrogen-bond acceptors (Lipinski definition) is 7. The molecule has 8 nitrogen and oxygen atoms in total. The lowest BCUT2D eigenvalue weighted by atomic mass is 10.3. The Labute approximate surface area is 148 Å². The number of hydrogen-bond donors (Lipinski definition) is 2. The summed E-state index contributed by atoms with van der Waals surface area (Å²) in [7, 11) is -2.74. The highest BCUT2D eigenvalue weighted by molar-refractivity contribution is 7.84. The third-order valence-corrected chi connectivity index (χ3v) is 4.75. The number of carbonyl (C=O) groups excluding carboxylic acids is 1. The van der Waals surface area contributed by atoms with E-state index in [-0.39, 0.29) is 5.13 Å². The molecule has 1 amide bonds. The molecule has 0 atom stereocenters. The molecule has 0 bridgehead atoms. The molecule has 2 N–H and O–H groups in total. The van der Waals surface area contributed by atoms with Crippen molar-refractivity contribution in [1.29, 1.82) is 0 Å². The summed E-state index contributed by atoms with van der Waals surface area (Å²) in [6.07, 6.45) is 0. The van der Waals surface area contributed by atoms with Gasteiger partial charge in [0.25, 0.3) is 5.91 Å². The molecule has 0 saturated heterocycles. The molecule has 2 rings (SSSR count). The predicted octanol–water partition coefficient (Wildman–Crippen LogP) is 2.32. The van der Waals surface area contributed by atoms with Gasteiger partial charge < -0.3 is 4.74 Å². The number of aromatic nitrogens is 1. The number of anilines is 1. The summed E-state index contributed by atoms with van der Waals surface area (Å²) >= 11 is 6.91. The Bertz CT molecular complexity index is 821. The maximum atomic E-state index is 11.7. The van der Waals surface area contributed by atoms with E-state index in [0.29, 0.717) is 21.5 Å². The van der Waals surface area contributed by atoms with Crippen molar-refractivity contribution in [2.45, 2.75) is 6.92 Å². The van der Waals surface area contributed by atoms with Crippen molar-refractivity contribution < 1.29 is 22.1 Å². The number of nitrogens with zero attached hydrogens (tertiary/aromatic N) is 1. The molecule has 0 saturated carbocycles. The average Bonchev–Trinajstić information content (AvgIpc) is 2.87. The van der Waals surface area contributed by atoms with Crippen LogP contribution in [0.15, 0.2) is 24.3 Å². The monoisotopic (exact) mass is 391 g/mol. The first-order chi connectivity index (χ1) is 11.3. The van der Waals surface area contributed by atoms with E-state index in [2.05, 4.69) is 14.5 Å². The zero-order valence-corrected chi connectivity index (χ0v) is 15.1. The number of carbonyl (C=O) groups is 1. The second kappa shape index (κ2) is 7.90. The second-order valence-corrected chi connectivity index (χ2v) is 7.37. The van der Waals surface area contributed by atoms with Crippen molar-refractivity contribution in [2.75, 3.05) is 19.0 Å². The van der Waals surface area contributed by atoms with Crippen LogP contribution >= 0.6 is 22.9 Å². The van der Waals surface area contributed by atoms with Crippen molar-refractivity contribution in [1.82, 2.24) is 9.71 Å². The summed E-state index contributed by atoms with van der Waals surface area (Å²) in [6, 6.07) is 6.79. The molecular weight excluding hydrogens is 378 g/mol. The zero-order valence-electron chi connectivity index (χ0n) is 12.7. The number of amides is 1. The second-order valence-electron chi connectivity index (χ2n) is 4.42. The first-order valence-electron chi connectivity index (χ1n) is 6.57. The van der Waals surface area contributed by atoms with Crippen molar-refractivity contribution in [3.05, 3.63) is 35.0 Å². The van der Waals surface area contributed by atoms with Crippen LogP contribution in [0.25, 0.3) is 0 Å². The highest BCUT2D eigenvalue weighted by Gasteiger charge is 2.15. The van der Waals surface area contributed by atoms with Gasteiger partial charge in [0.05, 0.1) is 5.69 Å². The first kappa shape index (κ1) is 18.6. The molecule has 0 radical (unpaired) electrons. The molecule has 0 unspecified atom stereocenters. The molecule has 2 aromatic rings. The Morgan fingerprint density at radius 2 is 2.00 bits per heavy atom. The minimum atomic E-state index is -3.92. The standard InChI is InChI=1S/C13H14ClN3O5S2/c1-8-12(22-10-5-3-9(14)4-6-10)23-13(16-8)17-11(18)7-21-24(19,20)15-2/h3-6,15H,7H2,1-2H3,(H,16,17,18). The molecule has 24 heavy (non-hydrogen) atoms. The van der Waals surface area contributed by atoms with E-state index < -0.39 is 22.8 Å². The van der Waals surface area contributed by atoms with Crippen LogP contribution in [0.1, 0.15) is 5.69 Å². The Balaban J connectivity index is 1.98. The van der Waals surface area contributed by atoms with Gasteiger partial charge in [0.15, 0.2) is 5.13 Å². The number of rotatable bonds is 7. The van der Waals surface area contributed by atoms with Gasteiger partial charge in [-0.05, 0) is 31.2 Å². The molecule has 0 aliphatic heterocycles. The molecule has 0 aliphatic carbocycles. The molecule has 0 spiro atoms. The molecule has 1 heterocycles. The molecule has 0 aliphatic rings. The minimum Gasteiger partial charge on any atom is -0.445 e. The minimum absolute atomic E-state index is 0.270. The number of benzene rings is 1. The summed E-state index contributed by atoms with van der Waals surface area (Å²) in [5.41, 5.74) is 0.578. The number of halogens is 1. The van der Waals surface area contributed by atoms with Gasteiger partial charge in [-0.15, -0.1) is 0 Å². The molecule has 1 aromatic heterocycles. The molecular formula is C13H14ClN3O5S2. The molecule has 1 aromatic carbocycles. The lowest BCUT2D eigenvalue weighted by Gasteiger charge is -2.03. The predicted molar refractivity (Wildman–Crippen MR) is 90.9 cm³/mol. The van der Waals surface area contributed by atoms with Crippen molar-refractivity contribution in [3.63, 3.8) is 0 Å². The Kier molecular flexibility index (Phi) is 6.13. The number of nitrogens with one attached hydrogen (secondary N) is 2. The molecule has 11 heteroatoms. The van der Waals surface area contributed by atoms with Gasteiger partial charge in [-0.25, -0.2) is 9.17 Å². The van der Waals surface area contributed by atoms with E-state index in [9.17, 15) is 13.2 Å². The van der Waals surface area contributed by atoms with Gasteiger partial charge in [0.1, 0.15) is 12.4 Å². The van der Waals surface area contributed by atoms with Gasteiger partial charge >= 0.3 is 10.3 Å².